The fourth-order valence-corrected chi connectivity index (χ4v) is 1.80. The first-order valence-corrected chi connectivity index (χ1v) is 4.73. The molecule has 1 aromatic carbocycles. The monoisotopic (exact) mass is 218 g/mol. The van der Waals surface area contributed by atoms with Crippen molar-refractivity contribution in [2.45, 2.75) is 12.6 Å². The van der Waals surface area contributed by atoms with E-state index >= 15 is 0 Å². The molecular weight excluding hydrogens is 208 g/mol. The first-order chi connectivity index (χ1) is 7.47. The number of hydrogen-bond donors (Lipinski definition) is 2. The van der Waals surface area contributed by atoms with E-state index in [9.17, 15) is 14.4 Å². The molecule has 0 radical (unpaired) electrons. The van der Waals surface area contributed by atoms with Crippen LogP contribution in [-0.2, 0) is 4.79 Å². The smallest absolute Gasteiger partial charge is 0.218 e. The van der Waals surface area contributed by atoms with Crippen molar-refractivity contribution in [1.29, 1.82) is 0 Å². The minimum Gasteiger partial charge on any atom is -0.325 e. The predicted octanol–water partition coefficient (Wildman–Crippen LogP) is -0.143. The highest BCUT2D eigenvalue weighted by Crippen LogP contribution is 2.26. The van der Waals surface area contributed by atoms with Gasteiger partial charge in [0.2, 0.25) is 23.1 Å². The Morgan fingerprint density at radius 1 is 1.19 bits per heavy atom. The normalized spacial score (nSPS) is 17.1. The van der Waals surface area contributed by atoms with Gasteiger partial charge in [-0.3, -0.25) is 20.1 Å². The number of benzene rings is 1. The number of carbonyl (C=O) groups is 3. The van der Waals surface area contributed by atoms with Crippen LogP contribution < -0.4 is 11.1 Å². The Kier molecular flexibility index (Phi) is 2.13. The van der Waals surface area contributed by atoms with Gasteiger partial charge in [-0.2, -0.15) is 0 Å². The van der Waals surface area contributed by atoms with Crippen LogP contribution in [0, 0.1) is 0 Å². The third kappa shape index (κ3) is 1.25. The van der Waals surface area contributed by atoms with Crippen LogP contribution >= 0.6 is 0 Å². The number of amides is 1. The molecule has 1 amide bonds. The Morgan fingerprint density at radius 2 is 1.62 bits per heavy atom. The van der Waals surface area contributed by atoms with Gasteiger partial charge in [-0.25, -0.2) is 0 Å². The quantitative estimate of drug-likeness (QED) is 0.507. The molecule has 0 aliphatic heterocycles. The molecular formula is C11H10N2O3. The van der Waals surface area contributed by atoms with Crippen LogP contribution in [0.2, 0.25) is 0 Å². The standard InChI is InChI=1S/C11H10N2O3/c1-6(14)13-11(12)9(15)7-4-2-3-5-8(7)10(11)16/h2-5H,12H2,1H3,(H,13,14). The lowest BCUT2D eigenvalue weighted by Gasteiger charge is -2.20. The van der Waals surface area contributed by atoms with E-state index in [2.05, 4.69) is 5.32 Å². The first-order valence-electron chi connectivity index (χ1n) is 4.73. The Morgan fingerprint density at radius 3 is 2.00 bits per heavy atom. The highest BCUT2D eigenvalue weighted by Gasteiger charge is 2.50. The molecule has 0 bridgehead atoms. The Balaban J connectivity index is 2.53. The lowest BCUT2D eigenvalue weighted by atomic mass is 10.1. The molecule has 0 saturated carbocycles. The fourth-order valence-electron chi connectivity index (χ4n) is 1.80. The summed E-state index contributed by atoms with van der Waals surface area (Å²) in [4.78, 5) is 34.8. The fraction of sp³-hybridized carbons (Fsp3) is 0.182. The maximum atomic E-state index is 11.9. The second-order valence-corrected chi connectivity index (χ2v) is 3.69. The number of Topliss-reactive ketones (excluding diaryl/α,β-unsaturated/α-hetero) is 2. The molecule has 0 spiro atoms. The molecule has 0 saturated heterocycles. The van der Waals surface area contributed by atoms with Crippen LogP contribution in [0.3, 0.4) is 0 Å². The zero-order chi connectivity index (χ0) is 11.9. The van der Waals surface area contributed by atoms with E-state index < -0.39 is 23.1 Å². The van der Waals surface area contributed by atoms with Gasteiger partial charge in [0.15, 0.2) is 0 Å². The van der Waals surface area contributed by atoms with E-state index in [0.29, 0.717) is 0 Å². The van der Waals surface area contributed by atoms with Crippen LogP contribution in [0.4, 0.5) is 0 Å². The summed E-state index contributed by atoms with van der Waals surface area (Å²) in [5.74, 6) is -1.65. The molecule has 1 aromatic rings. The van der Waals surface area contributed by atoms with Gasteiger partial charge in [0, 0.05) is 18.1 Å². The summed E-state index contributed by atoms with van der Waals surface area (Å²) < 4.78 is 0. The van der Waals surface area contributed by atoms with Crippen molar-refractivity contribution < 1.29 is 14.4 Å². The number of nitrogens with one attached hydrogen (secondary N) is 1. The van der Waals surface area contributed by atoms with Crippen LogP contribution in [0.25, 0.3) is 0 Å². The summed E-state index contributed by atoms with van der Waals surface area (Å²) in [5, 5.41) is 2.20. The third-order valence-corrected chi connectivity index (χ3v) is 2.51. The van der Waals surface area contributed by atoms with Crippen LogP contribution in [0.1, 0.15) is 27.6 Å². The van der Waals surface area contributed by atoms with Crippen LogP contribution in [0.5, 0.6) is 0 Å². The van der Waals surface area contributed by atoms with Crippen molar-refractivity contribution in [3.8, 4) is 0 Å². The van der Waals surface area contributed by atoms with Crippen LogP contribution in [0.15, 0.2) is 24.3 Å². The third-order valence-electron chi connectivity index (χ3n) is 2.51. The van der Waals surface area contributed by atoms with E-state index in [1.54, 1.807) is 12.1 Å². The number of rotatable bonds is 1. The predicted molar refractivity (Wildman–Crippen MR) is 55.8 cm³/mol. The first kappa shape index (κ1) is 10.5. The van der Waals surface area contributed by atoms with Crippen LogP contribution in [-0.4, -0.2) is 23.1 Å². The zero-order valence-corrected chi connectivity index (χ0v) is 8.61. The van der Waals surface area contributed by atoms with Crippen molar-refractivity contribution in [2.75, 3.05) is 0 Å². The van der Waals surface area contributed by atoms with E-state index in [1.807, 2.05) is 0 Å². The second kappa shape index (κ2) is 3.24. The molecule has 2 rings (SSSR count). The SMILES string of the molecule is CC(=O)NC1(N)C(=O)c2ccccc2C1=O. The summed E-state index contributed by atoms with van der Waals surface area (Å²) >= 11 is 0. The molecule has 0 heterocycles. The molecule has 0 fully saturated rings. The summed E-state index contributed by atoms with van der Waals surface area (Å²) in [6, 6.07) is 6.32. The maximum absolute atomic E-state index is 11.9. The minimum atomic E-state index is -1.93. The van der Waals surface area contributed by atoms with Gasteiger partial charge in [-0.1, -0.05) is 24.3 Å². The Labute approximate surface area is 91.6 Å². The molecule has 0 aromatic heterocycles. The van der Waals surface area contributed by atoms with Crippen molar-refractivity contribution in [3.05, 3.63) is 35.4 Å². The molecule has 5 nitrogen and oxygen atoms in total. The largest absolute Gasteiger partial charge is 0.325 e. The van der Waals surface area contributed by atoms with Gasteiger partial charge in [0.1, 0.15) is 0 Å². The minimum absolute atomic E-state index is 0.253. The second-order valence-electron chi connectivity index (χ2n) is 3.69. The van der Waals surface area contributed by atoms with Crippen molar-refractivity contribution in [3.63, 3.8) is 0 Å². The van der Waals surface area contributed by atoms with Gasteiger partial charge in [0.05, 0.1) is 0 Å². The van der Waals surface area contributed by atoms with Crippen molar-refractivity contribution >= 4 is 17.5 Å². The summed E-state index contributed by atoms with van der Waals surface area (Å²) in [6.07, 6.45) is 0. The lowest BCUT2D eigenvalue weighted by molar-refractivity contribution is -0.120. The van der Waals surface area contributed by atoms with Crippen molar-refractivity contribution in [2.24, 2.45) is 5.73 Å². The summed E-state index contributed by atoms with van der Waals surface area (Å²) in [7, 11) is 0. The number of hydrogen-bond acceptors (Lipinski definition) is 4. The number of carbonyl (C=O) groups excluding carboxylic acids is 3. The molecule has 82 valence electrons. The maximum Gasteiger partial charge on any atom is 0.218 e. The van der Waals surface area contributed by atoms with Gasteiger partial charge < -0.3 is 5.32 Å². The molecule has 3 N–H and O–H groups in total. The Hall–Kier alpha value is -2.01. The van der Waals surface area contributed by atoms with Crippen molar-refractivity contribution in [1.82, 2.24) is 5.32 Å². The summed E-state index contributed by atoms with van der Waals surface area (Å²) in [6.45, 7) is 1.21. The van der Waals surface area contributed by atoms with E-state index in [0.717, 1.165) is 0 Å². The van der Waals surface area contributed by atoms with E-state index in [4.69, 9.17) is 5.73 Å². The van der Waals surface area contributed by atoms with Gasteiger partial charge in [-0.05, 0) is 0 Å². The molecule has 1 aliphatic rings. The molecule has 1 aliphatic carbocycles. The lowest BCUT2D eigenvalue weighted by Crippen LogP contribution is -2.63. The van der Waals surface area contributed by atoms with E-state index in [-0.39, 0.29) is 11.1 Å². The number of ketones is 2. The molecule has 5 heteroatoms. The van der Waals surface area contributed by atoms with Gasteiger partial charge >= 0.3 is 0 Å². The highest BCUT2D eigenvalue weighted by molar-refractivity contribution is 6.33. The van der Waals surface area contributed by atoms with Gasteiger partial charge in [0.25, 0.3) is 0 Å². The Bertz CT molecular complexity index is 473. The number of fused-ring (bicyclic) bond motifs is 1. The summed E-state index contributed by atoms with van der Waals surface area (Å²) in [5.41, 5.74) is 4.24. The topological polar surface area (TPSA) is 89.3 Å². The molecule has 16 heavy (non-hydrogen) atoms. The van der Waals surface area contributed by atoms with E-state index in [1.165, 1.54) is 19.1 Å². The molecule has 0 unspecified atom stereocenters. The average Bonchev–Trinajstić information content (AvgIpc) is 2.42. The molecule has 0 atom stereocenters. The highest BCUT2D eigenvalue weighted by atomic mass is 16.2. The van der Waals surface area contributed by atoms with Gasteiger partial charge in [-0.15, -0.1) is 0 Å². The zero-order valence-electron chi connectivity index (χ0n) is 8.61. The average molecular weight is 218 g/mol. The number of nitrogens with two attached hydrogens (primary N) is 1.